The van der Waals surface area contributed by atoms with Crippen molar-refractivity contribution in [1.29, 1.82) is 0 Å². The van der Waals surface area contributed by atoms with E-state index in [9.17, 15) is 4.79 Å². The average molecular weight is 344 g/mol. The molecular weight excluding hydrogens is 326 g/mol. The molecule has 2 rings (SSSR count). The molecule has 19 heavy (non-hydrogen) atoms. The highest BCUT2D eigenvalue weighted by molar-refractivity contribution is 9.10. The lowest BCUT2D eigenvalue weighted by atomic mass is 10.1. The number of carbonyl (C=O) groups is 1. The molecule has 0 saturated carbocycles. The number of thioether (sulfide) groups is 1. The number of methoxy groups -OCH3 is 1. The standard InChI is InChI=1S/C14H18BrNO2S/c1-18-12-3-4-13(15)11(9-12)10-14(17)16-5-2-7-19-8-6-16/h3-4,9H,2,5-8,10H2,1H3. The third-order valence-electron chi connectivity index (χ3n) is 3.17. The minimum Gasteiger partial charge on any atom is -0.497 e. The van der Waals surface area contributed by atoms with E-state index >= 15 is 0 Å². The summed E-state index contributed by atoms with van der Waals surface area (Å²) in [6, 6.07) is 5.74. The summed E-state index contributed by atoms with van der Waals surface area (Å²) >= 11 is 5.43. The predicted molar refractivity (Wildman–Crippen MR) is 82.9 cm³/mol. The van der Waals surface area contributed by atoms with Crippen molar-refractivity contribution in [3.63, 3.8) is 0 Å². The molecule has 0 unspecified atom stereocenters. The number of carbonyl (C=O) groups excluding carboxylic acids is 1. The Morgan fingerprint density at radius 2 is 2.26 bits per heavy atom. The first-order valence-electron chi connectivity index (χ1n) is 6.38. The van der Waals surface area contributed by atoms with Crippen LogP contribution in [-0.2, 0) is 11.2 Å². The molecule has 1 amide bonds. The van der Waals surface area contributed by atoms with Crippen LogP contribution in [0.3, 0.4) is 0 Å². The smallest absolute Gasteiger partial charge is 0.227 e. The Balaban J connectivity index is 2.05. The van der Waals surface area contributed by atoms with Gasteiger partial charge in [0.25, 0.3) is 0 Å². The van der Waals surface area contributed by atoms with Crippen LogP contribution >= 0.6 is 27.7 Å². The van der Waals surface area contributed by atoms with Crippen molar-refractivity contribution in [1.82, 2.24) is 4.90 Å². The van der Waals surface area contributed by atoms with Gasteiger partial charge in [-0.15, -0.1) is 0 Å². The third kappa shape index (κ3) is 4.14. The van der Waals surface area contributed by atoms with Crippen molar-refractivity contribution in [2.45, 2.75) is 12.8 Å². The van der Waals surface area contributed by atoms with E-state index in [2.05, 4.69) is 15.9 Å². The van der Waals surface area contributed by atoms with Crippen LogP contribution in [0.25, 0.3) is 0 Å². The zero-order chi connectivity index (χ0) is 13.7. The predicted octanol–water partition coefficient (Wildman–Crippen LogP) is 2.97. The fraction of sp³-hybridized carbons (Fsp3) is 0.500. The van der Waals surface area contributed by atoms with Crippen molar-refractivity contribution in [3.8, 4) is 5.75 Å². The topological polar surface area (TPSA) is 29.5 Å². The SMILES string of the molecule is COc1ccc(Br)c(CC(=O)N2CCCSCC2)c1. The van der Waals surface area contributed by atoms with E-state index in [1.54, 1.807) is 7.11 Å². The van der Waals surface area contributed by atoms with Crippen LogP contribution in [0, 0.1) is 0 Å². The molecule has 104 valence electrons. The second-order valence-corrected chi connectivity index (χ2v) is 6.56. The zero-order valence-corrected chi connectivity index (χ0v) is 13.4. The first-order valence-corrected chi connectivity index (χ1v) is 8.33. The van der Waals surface area contributed by atoms with Gasteiger partial charge in [-0.2, -0.15) is 11.8 Å². The molecule has 0 bridgehead atoms. The van der Waals surface area contributed by atoms with Crippen LogP contribution in [0.5, 0.6) is 5.75 Å². The molecule has 1 aromatic rings. The lowest BCUT2D eigenvalue weighted by molar-refractivity contribution is -0.130. The van der Waals surface area contributed by atoms with E-state index in [-0.39, 0.29) is 5.91 Å². The van der Waals surface area contributed by atoms with Crippen LogP contribution in [0.4, 0.5) is 0 Å². The highest BCUT2D eigenvalue weighted by Crippen LogP contribution is 2.23. The van der Waals surface area contributed by atoms with E-state index in [0.29, 0.717) is 6.42 Å². The van der Waals surface area contributed by atoms with E-state index in [1.807, 2.05) is 34.9 Å². The number of rotatable bonds is 3. The quantitative estimate of drug-likeness (QED) is 0.844. The Morgan fingerprint density at radius 3 is 3.05 bits per heavy atom. The number of amides is 1. The minimum atomic E-state index is 0.205. The summed E-state index contributed by atoms with van der Waals surface area (Å²) in [5.41, 5.74) is 0.987. The molecule has 1 aromatic carbocycles. The summed E-state index contributed by atoms with van der Waals surface area (Å²) in [5.74, 6) is 3.20. The van der Waals surface area contributed by atoms with Crippen molar-refractivity contribution in [2.75, 3.05) is 31.7 Å². The Bertz CT molecular complexity index is 445. The van der Waals surface area contributed by atoms with Crippen LogP contribution in [0.15, 0.2) is 22.7 Å². The Kier molecular flexibility index (Phi) is 5.58. The Labute approximate surface area is 126 Å². The van der Waals surface area contributed by atoms with Crippen molar-refractivity contribution >= 4 is 33.6 Å². The van der Waals surface area contributed by atoms with Crippen molar-refractivity contribution in [3.05, 3.63) is 28.2 Å². The van der Waals surface area contributed by atoms with Gasteiger partial charge in [-0.25, -0.2) is 0 Å². The molecule has 0 aliphatic carbocycles. The molecule has 1 fully saturated rings. The first kappa shape index (κ1) is 14.7. The van der Waals surface area contributed by atoms with E-state index in [4.69, 9.17) is 4.74 Å². The summed E-state index contributed by atoms with van der Waals surface area (Å²) in [6.45, 7) is 1.75. The molecule has 0 radical (unpaired) electrons. The molecule has 5 heteroatoms. The van der Waals surface area contributed by atoms with Crippen LogP contribution in [-0.4, -0.2) is 42.5 Å². The molecule has 0 aromatic heterocycles. The normalized spacial score (nSPS) is 16.0. The number of hydrogen-bond donors (Lipinski definition) is 0. The average Bonchev–Trinajstić information content (AvgIpc) is 2.70. The van der Waals surface area contributed by atoms with Gasteiger partial charge in [0.2, 0.25) is 5.91 Å². The lowest BCUT2D eigenvalue weighted by Crippen LogP contribution is -2.34. The maximum Gasteiger partial charge on any atom is 0.227 e. The number of hydrogen-bond acceptors (Lipinski definition) is 3. The van der Waals surface area contributed by atoms with Crippen molar-refractivity contribution < 1.29 is 9.53 Å². The summed E-state index contributed by atoms with van der Waals surface area (Å²) in [6.07, 6.45) is 1.53. The van der Waals surface area contributed by atoms with Crippen molar-refractivity contribution in [2.24, 2.45) is 0 Å². The third-order valence-corrected chi connectivity index (χ3v) is 4.99. The van der Waals surface area contributed by atoms with Gasteiger partial charge in [0.15, 0.2) is 0 Å². The molecule has 0 spiro atoms. The monoisotopic (exact) mass is 343 g/mol. The highest BCUT2D eigenvalue weighted by atomic mass is 79.9. The van der Waals surface area contributed by atoms with E-state index in [1.165, 1.54) is 0 Å². The van der Waals surface area contributed by atoms with Gasteiger partial charge < -0.3 is 9.64 Å². The summed E-state index contributed by atoms with van der Waals surface area (Å²) in [7, 11) is 1.64. The lowest BCUT2D eigenvalue weighted by Gasteiger charge is -2.20. The number of benzene rings is 1. The van der Waals surface area contributed by atoms with Crippen LogP contribution in [0.2, 0.25) is 0 Å². The molecule has 1 aliphatic rings. The van der Waals surface area contributed by atoms with Crippen LogP contribution < -0.4 is 4.74 Å². The summed E-state index contributed by atoms with van der Waals surface area (Å²) < 4.78 is 6.17. The van der Waals surface area contributed by atoms with E-state index in [0.717, 1.165) is 46.8 Å². The second kappa shape index (κ2) is 7.20. The Morgan fingerprint density at radius 1 is 1.42 bits per heavy atom. The number of halogens is 1. The fourth-order valence-electron chi connectivity index (χ4n) is 2.08. The molecule has 1 heterocycles. The van der Waals surface area contributed by atoms with E-state index < -0.39 is 0 Å². The highest BCUT2D eigenvalue weighted by Gasteiger charge is 2.17. The largest absolute Gasteiger partial charge is 0.497 e. The van der Waals surface area contributed by atoms with Gasteiger partial charge in [-0.1, -0.05) is 15.9 Å². The number of ether oxygens (including phenoxy) is 1. The van der Waals surface area contributed by atoms with Gasteiger partial charge in [-0.3, -0.25) is 4.79 Å². The maximum atomic E-state index is 12.3. The maximum absolute atomic E-state index is 12.3. The minimum absolute atomic E-state index is 0.205. The molecule has 0 N–H and O–H groups in total. The molecular formula is C14H18BrNO2S. The molecule has 0 atom stereocenters. The molecule has 1 saturated heterocycles. The number of nitrogens with zero attached hydrogens (tertiary/aromatic N) is 1. The fourth-order valence-corrected chi connectivity index (χ4v) is 3.36. The molecule has 1 aliphatic heterocycles. The van der Waals surface area contributed by atoms with Gasteiger partial charge in [0.05, 0.1) is 13.5 Å². The first-order chi connectivity index (χ1) is 9.20. The summed E-state index contributed by atoms with van der Waals surface area (Å²) in [4.78, 5) is 14.3. The molecule has 3 nitrogen and oxygen atoms in total. The summed E-state index contributed by atoms with van der Waals surface area (Å²) in [5, 5.41) is 0. The van der Waals surface area contributed by atoms with Gasteiger partial charge in [-0.05, 0) is 35.9 Å². The van der Waals surface area contributed by atoms with Crippen LogP contribution in [0.1, 0.15) is 12.0 Å². The Hall–Kier alpha value is -0.680. The van der Waals surface area contributed by atoms with Gasteiger partial charge in [0.1, 0.15) is 5.75 Å². The second-order valence-electron chi connectivity index (χ2n) is 4.48. The van der Waals surface area contributed by atoms with Gasteiger partial charge >= 0.3 is 0 Å². The zero-order valence-electron chi connectivity index (χ0n) is 11.0. The van der Waals surface area contributed by atoms with Gasteiger partial charge in [0, 0.05) is 23.3 Å².